The second kappa shape index (κ2) is 6.72. The van der Waals surface area contributed by atoms with Gasteiger partial charge in [-0.25, -0.2) is 4.39 Å². The lowest BCUT2D eigenvalue weighted by Gasteiger charge is -2.17. The van der Waals surface area contributed by atoms with Crippen molar-refractivity contribution >= 4 is 17.3 Å². The lowest BCUT2D eigenvalue weighted by atomic mass is 10.1. The predicted molar refractivity (Wildman–Crippen MR) is 76.5 cm³/mol. The first kappa shape index (κ1) is 15.5. The second-order valence-electron chi connectivity index (χ2n) is 4.41. The Morgan fingerprint density at radius 2 is 1.86 bits per heavy atom. The van der Waals surface area contributed by atoms with E-state index in [1.807, 2.05) is 0 Å². The minimum atomic E-state index is -2.93. The molecule has 112 valence electrons. The highest BCUT2D eigenvalue weighted by molar-refractivity contribution is 6.32. The van der Waals surface area contributed by atoms with Gasteiger partial charge in [0.2, 0.25) is 0 Å². The van der Waals surface area contributed by atoms with Crippen molar-refractivity contribution in [1.82, 2.24) is 0 Å². The summed E-state index contributed by atoms with van der Waals surface area (Å²) in [6, 6.07) is 10.4. The molecule has 0 bridgehead atoms. The maximum absolute atomic E-state index is 13.7. The molecule has 1 atom stereocenters. The van der Waals surface area contributed by atoms with Gasteiger partial charge in [-0.15, -0.1) is 0 Å². The molecular formula is C15H13ClF3NO. The molecule has 1 N–H and O–H groups in total. The summed E-state index contributed by atoms with van der Waals surface area (Å²) in [5, 5.41) is 3.11. The zero-order valence-corrected chi connectivity index (χ0v) is 11.9. The van der Waals surface area contributed by atoms with E-state index in [9.17, 15) is 13.2 Å². The fraction of sp³-hybridized carbons (Fsp3) is 0.200. The molecule has 21 heavy (non-hydrogen) atoms. The Morgan fingerprint density at radius 1 is 1.14 bits per heavy atom. The van der Waals surface area contributed by atoms with E-state index in [1.54, 1.807) is 31.2 Å². The molecule has 1 unspecified atom stereocenters. The van der Waals surface area contributed by atoms with Crippen LogP contribution in [0.5, 0.6) is 5.75 Å². The van der Waals surface area contributed by atoms with Gasteiger partial charge in [0.15, 0.2) is 0 Å². The van der Waals surface area contributed by atoms with E-state index >= 15 is 0 Å². The van der Waals surface area contributed by atoms with Gasteiger partial charge in [0.25, 0.3) is 0 Å². The Labute approximate surface area is 125 Å². The van der Waals surface area contributed by atoms with Crippen LogP contribution in [0.3, 0.4) is 0 Å². The summed E-state index contributed by atoms with van der Waals surface area (Å²) in [6.45, 7) is -1.14. The maximum Gasteiger partial charge on any atom is 0.387 e. The molecule has 0 aliphatic carbocycles. The fourth-order valence-corrected chi connectivity index (χ4v) is 2.16. The first-order valence-electron chi connectivity index (χ1n) is 6.22. The van der Waals surface area contributed by atoms with Gasteiger partial charge in [0, 0.05) is 11.3 Å². The van der Waals surface area contributed by atoms with Gasteiger partial charge < -0.3 is 10.1 Å². The zero-order valence-electron chi connectivity index (χ0n) is 11.1. The van der Waals surface area contributed by atoms with Crippen molar-refractivity contribution in [3.63, 3.8) is 0 Å². The number of anilines is 1. The normalized spacial score (nSPS) is 12.3. The van der Waals surface area contributed by atoms with E-state index < -0.39 is 6.61 Å². The van der Waals surface area contributed by atoms with Crippen molar-refractivity contribution in [3.8, 4) is 5.75 Å². The topological polar surface area (TPSA) is 21.3 Å². The van der Waals surface area contributed by atoms with Crippen LogP contribution < -0.4 is 10.1 Å². The van der Waals surface area contributed by atoms with Crippen LogP contribution in [0.1, 0.15) is 18.5 Å². The molecule has 0 saturated heterocycles. The third kappa shape index (κ3) is 4.04. The SMILES string of the molecule is CC(Nc1ccc(OC(F)F)c(Cl)c1)c1ccccc1F. The monoisotopic (exact) mass is 315 g/mol. The Balaban J connectivity index is 2.13. The first-order valence-corrected chi connectivity index (χ1v) is 6.60. The van der Waals surface area contributed by atoms with Crippen molar-refractivity contribution in [3.05, 3.63) is 58.9 Å². The van der Waals surface area contributed by atoms with E-state index in [2.05, 4.69) is 10.1 Å². The summed E-state index contributed by atoms with van der Waals surface area (Å²) in [4.78, 5) is 0. The number of alkyl halides is 2. The van der Waals surface area contributed by atoms with E-state index in [1.165, 1.54) is 18.2 Å². The van der Waals surface area contributed by atoms with E-state index in [0.717, 1.165) is 0 Å². The molecule has 2 aromatic carbocycles. The summed E-state index contributed by atoms with van der Waals surface area (Å²) in [5.41, 5.74) is 1.08. The molecule has 0 radical (unpaired) electrons. The van der Waals surface area contributed by atoms with Gasteiger partial charge >= 0.3 is 6.61 Å². The molecule has 0 aliphatic heterocycles. The third-order valence-corrected chi connectivity index (χ3v) is 3.20. The lowest BCUT2D eigenvalue weighted by Crippen LogP contribution is -2.09. The van der Waals surface area contributed by atoms with E-state index in [0.29, 0.717) is 11.3 Å². The van der Waals surface area contributed by atoms with Crippen LogP contribution in [-0.2, 0) is 0 Å². The molecule has 0 saturated carbocycles. The molecule has 0 amide bonds. The van der Waals surface area contributed by atoms with Crippen molar-refractivity contribution in [2.75, 3.05) is 5.32 Å². The molecule has 0 aliphatic rings. The maximum atomic E-state index is 13.7. The van der Waals surface area contributed by atoms with Gasteiger partial charge in [-0.05, 0) is 31.2 Å². The van der Waals surface area contributed by atoms with Crippen LogP contribution >= 0.6 is 11.6 Å². The Hall–Kier alpha value is -1.88. The van der Waals surface area contributed by atoms with Crippen molar-refractivity contribution in [1.29, 1.82) is 0 Å². The summed E-state index contributed by atoms with van der Waals surface area (Å²) < 4.78 is 42.2. The molecule has 2 aromatic rings. The molecular weight excluding hydrogens is 303 g/mol. The van der Waals surface area contributed by atoms with E-state index in [-0.39, 0.29) is 22.6 Å². The average molecular weight is 316 g/mol. The molecule has 0 spiro atoms. The fourth-order valence-electron chi connectivity index (χ4n) is 1.94. The number of nitrogens with one attached hydrogen (secondary N) is 1. The molecule has 0 heterocycles. The third-order valence-electron chi connectivity index (χ3n) is 2.90. The lowest BCUT2D eigenvalue weighted by molar-refractivity contribution is -0.0497. The van der Waals surface area contributed by atoms with Gasteiger partial charge in [-0.1, -0.05) is 29.8 Å². The molecule has 6 heteroatoms. The van der Waals surface area contributed by atoms with Crippen LogP contribution in [0.2, 0.25) is 5.02 Å². The average Bonchev–Trinajstić information content (AvgIpc) is 2.42. The molecule has 2 rings (SSSR count). The van der Waals surface area contributed by atoms with Gasteiger partial charge in [-0.3, -0.25) is 0 Å². The highest BCUT2D eigenvalue weighted by Crippen LogP contribution is 2.30. The van der Waals surface area contributed by atoms with Crippen molar-refractivity contribution in [2.45, 2.75) is 19.6 Å². The zero-order chi connectivity index (χ0) is 15.4. The minimum absolute atomic E-state index is 0.0565. The predicted octanol–water partition coefficient (Wildman–Crippen LogP) is 5.25. The van der Waals surface area contributed by atoms with Crippen LogP contribution in [-0.4, -0.2) is 6.61 Å². The summed E-state index contributed by atoms with van der Waals surface area (Å²) in [7, 11) is 0. The van der Waals surface area contributed by atoms with Crippen LogP contribution in [0, 0.1) is 5.82 Å². The standard InChI is InChI=1S/C15H13ClF3NO/c1-9(11-4-2-3-5-13(11)17)20-10-6-7-14(12(16)8-10)21-15(18)19/h2-9,15,20H,1H3. The number of rotatable bonds is 5. The minimum Gasteiger partial charge on any atom is -0.433 e. The first-order chi connectivity index (χ1) is 9.97. The second-order valence-corrected chi connectivity index (χ2v) is 4.82. The Kier molecular flexibility index (Phi) is 4.96. The Bertz CT molecular complexity index is 622. The summed E-state index contributed by atoms with van der Waals surface area (Å²) >= 11 is 5.86. The number of hydrogen-bond acceptors (Lipinski definition) is 2. The van der Waals surface area contributed by atoms with Gasteiger partial charge in [0.1, 0.15) is 11.6 Å². The van der Waals surface area contributed by atoms with Crippen LogP contribution in [0.25, 0.3) is 0 Å². The molecule has 0 aromatic heterocycles. The van der Waals surface area contributed by atoms with Crippen molar-refractivity contribution in [2.24, 2.45) is 0 Å². The van der Waals surface area contributed by atoms with Gasteiger partial charge in [-0.2, -0.15) is 8.78 Å². The molecule has 0 fully saturated rings. The van der Waals surface area contributed by atoms with Crippen LogP contribution in [0.4, 0.5) is 18.9 Å². The van der Waals surface area contributed by atoms with Gasteiger partial charge in [0.05, 0.1) is 11.1 Å². The quantitative estimate of drug-likeness (QED) is 0.813. The molecule has 2 nitrogen and oxygen atoms in total. The van der Waals surface area contributed by atoms with Crippen molar-refractivity contribution < 1.29 is 17.9 Å². The highest BCUT2D eigenvalue weighted by Gasteiger charge is 2.12. The Morgan fingerprint density at radius 3 is 2.48 bits per heavy atom. The summed E-state index contributed by atoms with van der Waals surface area (Å²) in [6.07, 6.45) is 0. The highest BCUT2D eigenvalue weighted by atomic mass is 35.5. The largest absolute Gasteiger partial charge is 0.433 e. The van der Waals surface area contributed by atoms with Crippen LogP contribution in [0.15, 0.2) is 42.5 Å². The number of ether oxygens (including phenoxy) is 1. The number of hydrogen-bond donors (Lipinski definition) is 1. The number of benzene rings is 2. The summed E-state index contributed by atoms with van der Waals surface area (Å²) in [5.74, 6) is -0.419. The van der Waals surface area contributed by atoms with E-state index in [4.69, 9.17) is 11.6 Å². The smallest absolute Gasteiger partial charge is 0.387 e. The number of halogens is 4.